The minimum atomic E-state index is -0.0982. The highest BCUT2D eigenvalue weighted by Gasteiger charge is 2.24. The molecule has 1 N–H and O–H groups in total. The molecule has 2 aromatic carbocycles. The van der Waals surface area contributed by atoms with Crippen molar-refractivity contribution in [1.82, 2.24) is 15.2 Å². The number of morpholine rings is 1. The molecule has 0 spiro atoms. The van der Waals surface area contributed by atoms with Crippen molar-refractivity contribution in [3.63, 3.8) is 0 Å². The number of methoxy groups -OCH3 is 1. The van der Waals surface area contributed by atoms with E-state index < -0.39 is 0 Å². The maximum Gasteiger partial charge on any atom is 0.263 e. The van der Waals surface area contributed by atoms with Crippen LogP contribution >= 0.6 is 11.3 Å². The minimum absolute atomic E-state index is 0.0533. The molecular formula is C26H31N3O4S. The molecule has 1 amide bonds. The Bertz CT molecular complexity index is 1080. The lowest BCUT2D eigenvalue weighted by Gasteiger charge is -2.35. The van der Waals surface area contributed by atoms with Crippen LogP contribution in [0.2, 0.25) is 0 Å². The summed E-state index contributed by atoms with van der Waals surface area (Å²) in [5.41, 5.74) is 2.85. The molecule has 34 heavy (non-hydrogen) atoms. The average Bonchev–Trinajstić information content (AvgIpc) is 3.27. The normalized spacial score (nSPS) is 15.0. The Kier molecular flexibility index (Phi) is 8.16. The number of nitrogens with zero attached hydrogens (tertiary/aromatic N) is 2. The number of ether oxygens (including phenoxy) is 3. The van der Waals surface area contributed by atoms with E-state index in [1.54, 1.807) is 7.11 Å². The number of amides is 1. The van der Waals surface area contributed by atoms with Crippen LogP contribution in [0.4, 0.5) is 0 Å². The van der Waals surface area contributed by atoms with Gasteiger partial charge in [-0.25, -0.2) is 4.98 Å². The van der Waals surface area contributed by atoms with Gasteiger partial charge >= 0.3 is 0 Å². The van der Waals surface area contributed by atoms with Crippen LogP contribution in [0.15, 0.2) is 48.5 Å². The molecule has 1 aromatic heterocycles. The molecular weight excluding hydrogens is 450 g/mol. The summed E-state index contributed by atoms with van der Waals surface area (Å²) in [5, 5.41) is 3.98. The second kappa shape index (κ2) is 11.5. The largest absolute Gasteiger partial charge is 0.497 e. The number of rotatable bonds is 9. The van der Waals surface area contributed by atoms with Gasteiger partial charge in [-0.15, -0.1) is 11.3 Å². The van der Waals surface area contributed by atoms with E-state index in [1.807, 2.05) is 50.2 Å². The fourth-order valence-electron chi connectivity index (χ4n) is 4.03. The van der Waals surface area contributed by atoms with Crippen LogP contribution < -0.4 is 14.8 Å². The number of hydrogen-bond donors (Lipinski definition) is 1. The van der Waals surface area contributed by atoms with Crippen LogP contribution in [-0.4, -0.2) is 62.4 Å². The summed E-state index contributed by atoms with van der Waals surface area (Å²) < 4.78 is 16.4. The van der Waals surface area contributed by atoms with Crippen molar-refractivity contribution in [3.8, 4) is 22.1 Å². The second-order valence-electron chi connectivity index (χ2n) is 8.04. The van der Waals surface area contributed by atoms with Crippen LogP contribution in [0.3, 0.4) is 0 Å². The maximum absolute atomic E-state index is 13.1. The van der Waals surface area contributed by atoms with Crippen molar-refractivity contribution in [1.29, 1.82) is 0 Å². The van der Waals surface area contributed by atoms with Crippen molar-refractivity contribution in [2.24, 2.45) is 0 Å². The predicted molar refractivity (Wildman–Crippen MR) is 134 cm³/mol. The molecule has 0 aliphatic carbocycles. The Morgan fingerprint density at radius 3 is 2.44 bits per heavy atom. The summed E-state index contributed by atoms with van der Waals surface area (Å²) in [6.45, 7) is 8.01. The lowest BCUT2D eigenvalue weighted by molar-refractivity contribution is 0.0162. The van der Waals surface area contributed by atoms with E-state index in [4.69, 9.17) is 14.2 Å². The fraction of sp³-hybridized carbons (Fsp3) is 0.385. The summed E-state index contributed by atoms with van der Waals surface area (Å²) in [6.07, 6.45) is 0. The molecule has 1 aliphatic heterocycles. The first-order valence-corrected chi connectivity index (χ1v) is 12.3. The lowest BCUT2D eigenvalue weighted by atomic mass is 10.0. The average molecular weight is 482 g/mol. The number of aromatic nitrogens is 1. The van der Waals surface area contributed by atoms with E-state index in [0.717, 1.165) is 46.4 Å². The molecule has 2 heterocycles. The molecule has 1 unspecified atom stereocenters. The zero-order valence-corrected chi connectivity index (χ0v) is 20.7. The third-order valence-corrected chi connectivity index (χ3v) is 7.06. The van der Waals surface area contributed by atoms with Gasteiger partial charge in [0, 0.05) is 25.2 Å². The van der Waals surface area contributed by atoms with Crippen LogP contribution in [0, 0.1) is 6.92 Å². The van der Waals surface area contributed by atoms with Gasteiger partial charge in [0.25, 0.3) is 5.91 Å². The first-order chi connectivity index (χ1) is 16.6. The van der Waals surface area contributed by atoms with Gasteiger partial charge in [0.05, 0.1) is 38.7 Å². The van der Waals surface area contributed by atoms with Crippen molar-refractivity contribution in [2.45, 2.75) is 19.9 Å². The van der Waals surface area contributed by atoms with Crippen LogP contribution in [0.1, 0.15) is 33.9 Å². The third-order valence-electron chi connectivity index (χ3n) is 5.86. The Morgan fingerprint density at radius 1 is 1.12 bits per heavy atom. The van der Waals surface area contributed by atoms with E-state index in [2.05, 4.69) is 27.3 Å². The van der Waals surface area contributed by atoms with Crippen LogP contribution in [0.5, 0.6) is 11.5 Å². The van der Waals surface area contributed by atoms with Gasteiger partial charge in [0.1, 0.15) is 21.4 Å². The third kappa shape index (κ3) is 5.75. The summed E-state index contributed by atoms with van der Waals surface area (Å²) in [7, 11) is 1.66. The van der Waals surface area contributed by atoms with Gasteiger partial charge in [-0.3, -0.25) is 9.69 Å². The van der Waals surface area contributed by atoms with Crippen molar-refractivity contribution < 1.29 is 19.0 Å². The maximum atomic E-state index is 13.1. The zero-order chi connectivity index (χ0) is 23.9. The zero-order valence-electron chi connectivity index (χ0n) is 19.9. The number of nitrogens with one attached hydrogen (secondary N) is 1. The summed E-state index contributed by atoms with van der Waals surface area (Å²) in [5.74, 6) is 1.54. The van der Waals surface area contributed by atoms with E-state index in [1.165, 1.54) is 11.3 Å². The molecule has 180 valence electrons. The molecule has 0 saturated carbocycles. The van der Waals surface area contributed by atoms with Crippen LogP contribution in [-0.2, 0) is 4.74 Å². The fourth-order valence-corrected chi connectivity index (χ4v) is 5.02. The number of carbonyl (C=O) groups excluding carboxylic acids is 1. The topological polar surface area (TPSA) is 72.9 Å². The van der Waals surface area contributed by atoms with E-state index in [0.29, 0.717) is 31.2 Å². The van der Waals surface area contributed by atoms with Crippen molar-refractivity contribution in [2.75, 3.05) is 46.6 Å². The highest BCUT2D eigenvalue weighted by molar-refractivity contribution is 7.17. The smallest absolute Gasteiger partial charge is 0.263 e. The first-order valence-electron chi connectivity index (χ1n) is 11.5. The Hall–Kier alpha value is -2.94. The van der Waals surface area contributed by atoms with Gasteiger partial charge in [-0.1, -0.05) is 12.1 Å². The van der Waals surface area contributed by atoms with Gasteiger partial charge < -0.3 is 19.5 Å². The molecule has 3 aromatic rings. The number of carbonyl (C=O) groups is 1. The van der Waals surface area contributed by atoms with E-state index in [-0.39, 0.29) is 11.9 Å². The molecule has 1 saturated heterocycles. The lowest BCUT2D eigenvalue weighted by Crippen LogP contribution is -2.43. The van der Waals surface area contributed by atoms with Crippen LogP contribution in [0.25, 0.3) is 10.6 Å². The second-order valence-corrected chi connectivity index (χ2v) is 9.04. The number of hydrogen-bond acceptors (Lipinski definition) is 7. The standard InChI is InChI=1S/C26H31N3O4S/c1-4-33-22-11-7-20(8-12-22)26-28-18(2)24(34-26)25(30)27-17-23(29-13-15-32-16-14-29)19-5-9-21(31-3)10-6-19/h5-12,23H,4,13-17H2,1-3H3,(H,27,30). The molecule has 8 heteroatoms. The van der Waals surface area contributed by atoms with Crippen molar-refractivity contribution >= 4 is 17.2 Å². The minimum Gasteiger partial charge on any atom is -0.497 e. The Labute approximate surface area is 204 Å². The van der Waals surface area contributed by atoms with E-state index >= 15 is 0 Å². The summed E-state index contributed by atoms with van der Waals surface area (Å²) in [4.78, 5) is 20.8. The highest BCUT2D eigenvalue weighted by atomic mass is 32.1. The van der Waals surface area contributed by atoms with Gasteiger partial charge in [0.15, 0.2) is 0 Å². The molecule has 4 rings (SSSR count). The molecule has 1 atom stereocenters. The van der Waals surface area contributed by atoms with Gasteiger partial charge in [-0.2, -0.15) is 0 Å². The first kappa shape index (κ1) is 24.2. The molecule has 1 aliphatic rings. The molecule has 0 bridgehead atoms. The predicted octanol–water partition coefficient (Wildman–Crippen LogP) is 4.33. The molecule has 7 nitrogen and oxygen atoms in total. The van der Waals surface area contributed by atoms with E-state index in [9.17, 15) is 4.79 Å². The van der Waals surface area contributed by atoms with Gasteiger partial charge in [-0.05, 0) is 55.8 Å². The number of thiazole rings is 1. The Morgan fingerprint density at radius 2 is 1.79 bits per heavy atom. The summed E-state index contributed by atoms with van der Waals surface area (Å²) in [6, 6.07) is 15.9. The SMILES string of the molecule is CCOc1ccc(-c2nc(C)c(C(=O)NCC(c3ccc(OC)cc3)N3CCOCC3)s2)cc1. The molecule has 0 radical (unpaired) electrons. The number of benzene rings is 2. The monoisotopic (exact) mass is 481 g/mol. The van der Waals surface area contributed by atoms with Crippen molar-refractivity contribution in [3.05, 3.63) is 64.7 Å². The van der Waals surface area contributed by atoms with Gasteiger partial charge in [0.2, 0.25) is 0 Å². The highest BCUT2D eigenvalue weighted by Crippen LogP contribution is 2.30. The molecule has 1 fully saturated rings. The quantitative estimate of drug-likeness (QED) is 0.491. The summed E-state index contributed by atoms with van der Waals surface area (Å²) >= 11 is 1.41. The number of aryl methyl sites for hydroxylation is 1. The Balaban J connectivity index is 1.47.